The number of carbonyl (C=O) groups is 3. The molecule has 0 saturated heterocycles. The Morgan fingerprint density at radius 3 is 2.05 bits per heavy atom. The Bertz CT molecular complexity index is 1180. The zero-order valence-electron chi connectivity index (χ0n) is 19.3. The molecule has 0 radical (unpaired) electrons. The molecule has 37 heavy (non-hydrogen) atoms. The zero-order chi connectivity index (χ0) is 27.5. The van der Waals surface area contributed by atoms with Crippen LogP contribution in [-0.4, -0.2) is 30.0 Å². The van der Waals surface area contributed by atoms with Gasteiger partial charge in [-0.1, -0.05) is 36.4 Å². The van der Waals surface area contributed by atoms with E-state index in [0.717, 1.165) is 6.07 Å². The molecule has 1 aliphatic carbocycles. The summed E-state index contributed by atoms with van der Waals surface area (Å²) in [6.45, 7) is 0. The van der Waals surface area contributed by atoms with Gasteiger partial charge in [-0.3, -0.25) is 14.4 Å². The molecule has 0 bridgehead atoms. The molecule has 200 valence electrons. The summed E-state index contributed by atoms with van der Waals surface area (Å²) >= 11 is 0. The van der Waals surface area contributed by atoms with Crippen molar-refractivity contribution in [2.24, 2.45) is 17.6 Å². The fourth-order valence-corrected chi connectivity index (χ4v) is 4.54. The van der Waals surface area contributed by atoms with Gasteiger partial charge in [0.1, 0.15) is 11.9 Å². The van der Waals surface area contributed by atoms with Gasteiger partial charge >= 0.3 is 12.4 Å². The number of carbonyl (C=O) groups excluding carboxylic acids is 3. The van der Waals surface area contributed by atoms with Gasteiger partial charge in [0.25, 0.3) is 0 Å². The first-order chi connectivity index (χ1) is 17.2. The largest absolute Gasteiger partial charge is 0.389 e. The summed E-state index contributed by atoms with van der Waals surface area (Å²) in [5, 5.41) is 2.32. The molecule has 0 fully saturated rings. The predicted molar refractivity (Wildman–Crippen MR) is 118 cm³/mol. The van der Waals surface area contributed by atoms with E-state index in [0.29, 0.717) is 11.1 Å². The number of nitrogens with one attached hydrogen (secondary N) is 1. The summed E-state index contributed by atoms with van der Waals surface area (Å²) < 4.78 is 91.8. The second kappa shape index (κ2) is 10.9. The number of primary amides is 1. The zero-order valence-corrected chi connectivity index (χ0v) is 19.3. The summed E-state index contributed by atoms with van der Waals surface area (Å²) in [6, 6.07) is 8.89. The molecule has 2 aromatic rings. The number of rotatable bonds is 8. The molecule has 0 unspecified atom stereocenters. The molecule has 0 heterocycles. The van der Waals surface area contributed by atoms with E-state index in [1.165, 1.54) is 18.2 Å². The summed E-state index contributed by atoms with van der Waals surface area (Å²) in [6.07, 6.45) is -15.1. The smallest absolute Gasteiger partial charge is 0.369 e. The van der Waals surface area contributed by atoms with E-state index < -0.39 is 85.7 Å². The number of hydrogen-bond donors (Lipinski definition) is 2. The molecule has 5 nitrogen and oxygen atoms in total. The van der Waals surface area contributed by atoms with E-state index in [1.54, 1.807) is 18.2 Å². The third kappa shape index (κ3) is 7.07. The van der Waals surface area contributed by atoms with Crippen molar-refractivity contribution in [1.29, 1.82) is 0 Å². The highest BCUT2D eigenvalue weighted by Crippen LogP contribution is 2.38. The van der Waals surface area contributed by atoms with E-state index in [-0.39, 0.29) is 11.1 Å². The van der Waals surface area contributed by atoms with Crippen molar-refractivity contribution < 1.29 is 45.1 Å². The predicted octanol–water partition coefficient (Wildman–Crippen LogP) is 5.18. The summed E-state index contributed by atoms with van der Waals surface area (Å²) in [5.74, 6) is -7.70. The average molecular weight is 532 g/mol. The van der Waals surface area contributed by atoms with Crippen molar-refractivity contribution in [2.75, 3.05) is 0 Å². The van der Waals surface area contributed by atoms with Crippen LogP contribution < -0.4 is 11.1 Å². The molecular weight excluding hydrogens is 509 g/mol. The van der Waals surface area contributed by atoms with Crippen LogP contribution in [0.25, 0.3) is 11.1 Å². The minimum Gasteiger partial charge on any atom is -0.369 e. The van der Waals surface area contributed by atoms with Crippen LogP contribution in [0.3, 0.4) is 0 Å². The maximum absolute atomic E-state index is 14.5. The Morgan fingerprint density at radius 2 is 1.46 bits per heavy atom. The van der Waals surface area contributed by atoms with Crippen LogP contribution in [-0.2, 0) is 20.8 Å². The van der Waals surface area contributed by atoms with Gasteiger partial charge in [-0.05, 0) is 35.6 Å². The van der Waals surface area contributed by atoms with Crippen LogP contribution in [0.5, 0.6) is 0 Å². The lowest BCUT2D eigenvalue weighted by Gasteiger charge is -2.27. The maximum Gasteiger partial charge on any atom is 0.389 e. The third-order valence-corrected chi connectivity index (χ3v) is 6.31. The maximum atomic E-state index is 14.5. The highest BCUT2D eigenvalue weighted by Gasteiger charge is 2.41. The number of fused-ring (bicyclic) bond motifs is 3. The van der Waals surface area contributed by atoms with Gasteiger partial charge in [0.05, 0.1) is 0 Å². The van der Waals surface area contributed by atoms with Gasteiger partial charge in [-0.2, -0.15) is 26.3 Å². The molecule has 1 aliphatic rings. The monoisotopic (exact) mass is 532 g/mol. The minimum atomic E-state index is -4.77. The van der Waals surface area contributed by atoms with Crippen LogP contribution >= 0.6 is 0 Å². The Hall–Kier alpha value is -3.44. The fourth-order valence-electron chi connectivity index (χ4n) is 4.54. The second-order valence-electron chi connectivity index (χ2n) is 8.86. The molecule has 0 aliphatic heterocycles. The third-order valence-electron chi connectivity index (χ3n) is 6.31. The number of halogens is 7. The van der Waals surface area contributed by atoms with Crippen LogP contribution in [0.4, 0.5) is 30.7 Å². The molecule has 0 saturated carbocycles. The van der Waals surface area contributed by atoms with Crippen LogP contribution in [0.1, 0.15) is 42.9 Å². The molecule has 0 spiro atoms. The number of hydrogen-bond acceptors (Lipinski definition) is 3. The van der Waals surface area contributed by atoms with Crippen LogP contribution in [0, 0.1) is 17.7 Å². The summed E-state index contributed by atoms with van der Waals surface area (Å²) in [5.41, 5.74) is 6.27. The van der Waals surface area contributed by atoms with Crippen molar-refractivity contribution in [3.8, 4) is 11.1 Å². The highest BCUT2D eigenvalue weighted by molar-refractivity contribution is 5.97. The van der Waals surface area contributed by atoms with E-state index in [4.69, 9.17) is 5.73 Å². The van der Waals surface area contributed by atoms with E-state index in [2.05, 4.69) is 5.32 Å². The first-order valence-electron chi connectivity index (χ1n) is 11.3. The fraction of sp³-hybridized carbons (Fsp3) is 0.400. The molecule has 0 aromatic heterocycles. The lowest BCUT2D eigenvalue weighted by atomic mass is 9.83. The van der Waals surface area contributed by atoms with Gasteiger partial charge in [0.2, 0.25) is 11.8 Å². The number of ketones is 1. The standard InChI is InChI=1S/C25H23F7N2O3/c26-19-7-3-6-14-13-4-1-2-5-15(13)21(20(35)12-18(14)19)34-23(37)17(9-11-25(30,31)32)16(22(33)36)8-10-24(27,28)29/h1-7,16-17,21H,8-12H2,(H2,33,36)(H,34,37)/t16-,17+,21-/m0/s1. The average Bonchev–Trinajstić information content (AvgIpc) is 2.90. The minimum absolute atomic E-state index is 0.0607. The van der Waals surface area contributed by atoms with Gasteiger partial charge in [0.15, 0.2) is 5.78 Å². The van der Waals surface area contributed by atoms with Crippen molar-refractivity contribution in [3.63, 3.8) is 0 Å². The Morgan fingerprint density at radius 1 is 0.892 bits per heavy atom. The highest BCUT2D eigenvalue weighted by atomic mass is 19.4. The SMILES string of the molecule is NC(=O)[C@@H](CCC(F)(F)F)[C@@H](CCC(F)(F)F)C(=O)N[C@@H]1C(=O)Cc2c(F)cccc2-c2ccccc21. The lowest BCUT2D eigenvalue weighted by molar-refractivity contribution is -0.152. The van der Waals surface area contributed by atoms with Gasteiger partial charge in [0, 0.05) is 36.7 Å². The number of benzene rings is 2. The molecule has 3 rings (SSSR count). The lowest BCUT2D eigenvalue weighted by Crippen LogP contribution is -2.44. The molecule has 3 atom stereocenters. The number of alkyl halides is 6. The van der Waals surface area contributed by atoms with E-state index in [9.17, 15) is 45.1 Å². The molecule has 2 aromatic carbocycles. The first-order valence-corrected chi connectivity index (χ1v) is 11.3. The van der Waals surface area contributed by atoms with Crippen molar-refractivity contribution >= 4 is 17.6 Å². The van der Waals surface area contributed by atoms with E-state index in [1.807, 2.05) is 0 Å². The number of amides is 2. The molecule has 12 heteroatoms. The topological polar surface area (TPSA) is 89.3 Å². The van der Waals surface area contributed by atoms with Crippen LogP contribution in [0.2, 0.25) is 0 Å². The van der Waals surface area contributed by atoms with Gasteiger partial charge in [-0.25, -0.2) is 4.39 Å². The van der Waals surface area contributed by atoms with Crippen molar-refractivity contribution in [2.45, 2.75) is 50.5 Å². The van der Waals surface area contributed by atoms with Crippen LogP contribution in [0.15, 0.2) is 42.5 Å². The summed E-state index contributed by atoms with van der Waals surface area (Å²) in [4.78, 5) is 38.3. The quantitative estimate of drug-likeness (QED) is 0.460. The number of Topliss-reactive ketones (excluding diaryl/α,β-unsaturated/α-hetero) is 1. The molecular formula is C25H23F7N2O3. The summed E-state index contributed by atoms with van der Waals surface area (Å²) in [7, 11) is 0. The van der Waals surface area contributed by atoms with Gasteiger partial charge in [-0.15, -0.1) is 0 Å². The molecule has 3 N–H and O–H groups in total. The van der Waals surface area contributed by atoms with E-state index >= 15 is 0 Å². The van der Waals surface area contributed by atoms with Crippen molar-refractivity contribution in [3.05, 3.63) is 59.4 Å². The first kappa shape index (κ1) is 28.1. The Balaban J connectivity index is 1.97. The molecule has 2 amide bonds. The normalized spacial score (nSPS) is 17.3. The van der Waals surface area contributed by atoms with Crippen molar-refractivity contribution in [1.82, 2.24) is 5.32 Å². The number of nitrogens with two attached hydrogens (primary N) is 1. The Labute approximate surface area is 207 Å². The second-order valence-corrected chi connectivity index (χ2v) is 8.86. The Kier molecular flexibility index (Phi) is 8.28. The van der Waals surface area contributed by atoms with Gasteiger partial charge < -0.3 is 11.1 Å².